The Morgan fingerprint density at radius 3 is 2.71 bits per heavy atom. The number of hydrogen-bond acceptors (Lipinski definition) is 2. The molecule has 0 atom stereocenters. The van der Waals surface area contributed by atoms with Gasteiger partial charge in [0.05, 0.1) is 0 Å². The number of nitrogens with two attached hydrogens (primary N) is 1. The average Bonchev–Trinajstić information content (AvgIpc) is 2.32. The summed E-state index contributed by atoms with van der Waals surface area (Å²) in [6.07, 6.45) is 6.34. The molecule has 4 heteroatoms. The molecule has 0 fully saturated rings. The lowest BCUT2D eigenvalue weighted by Crippen LogP contribution is -2.20. The fourth-order valence-electron chi connectivity index (χ4n) is 1.67. The van der Waals surface area contributed by atoms with E-state index in [1.165, 1.54) is 5.56 Å². The number of carbonyl (C=O) groups is 1. The lowest BCUT2D eigenvalue weighted by Gasteiger charge is -2.20. The predicted octanol–water partition coefficient (Wildman–Crippen LogP) is 2.54. The van der Waals surface area contributed by atoms with Crippen LogP contribution in [0.25, 0.3) is 0 Å². The molecule has 88 valence electrons. The molecule has 0 saturated heterocycles. The number of halogens is 1. The SMILES string of the molecule is NC(=O)C1=CN(Cc2ccc(Br)cc2)C=CC1. The zero-order chi connectivity index (χ0) is 12.3. The molecule has 2 N–H and O–H groups in total. The summed E-state index contributed by atoms with van der Waals surface area (Å²) in [5, 5.41) is 0. The third kappa shape index (κ3) is 3.20. The summed E-state index contributed by atoms with van der Waals surface area (Å²) in [5.41, 5.74) is 7.09. The first kappa shape index (κ1) is 11.9. The van der Waals surface area contributed by atoms with Crippen molar-refractivity contribution in [3.63, 3.8) is 0 Å². The fraction of sp³-hybridized carbons (Fsp3) is 0.154. The van der Waals surface area contributed by atoms with E-state index in [1.54, 1.807) is 0 Å². The first-order valence-corrected chi connectivity index (χ1v) is 6.12. The number of hydrogen-bond donors (Lipinski definition) is 1. The third-order valence-electron chi connectivity index (χ3n) is 2.55. The van der Waals surface area contributed by atoms with E-state index in [-0.39, 0.29) is 5.91 Å². The molecule has 1 aliphatic rings. The number of amides is 1. The van der Waals surface area contributed by atoms with Gasteiger partial charge in [-0.2, -0.15) is 0 Å². The van der Waals surface area contributed by atoms with Crippen molar-refractivity contribution >= 4 is 21.8 Å². The van der Waals surface area contributed by atoms with Gasteiger partial charge in [0.15, 0.2) is 0 Å². The van der Waals surface area contributed by atoms with Crippen molar-refractivity contribution in [2.45, 2.75) is 13.0 Å². The van der Waals surface area contributed by atoms with Crippen molar-refractivity contribution in [1.82, 2.24) is 4.90 Å². The Kier molecular flexibility index (Phi) is 3.64. The minimum Gasteiger partial charge on any atom is -0.366 e. The van der Waals surface area contributed by atoms with Gasteiger partial charge in [0.2, 0.25) is 5.91 Å². The highest BCUT2D eigenvalue weighted by atomic mass is 79.9. The molecule has 0 spiro atoms. The maximum atomic E-state index is 11.1. The molecule has 0 unspecified atom stereocenters. The van der Waals surface area contributed by atoms with E-state index < -0.39 is 0 Å². The molecule has 1 amide bonds. The van der Waals surface area contributed by atoms with Crippen LogP contribution in [0.5, 0.6) is 0 Å². The van der Waals surface area contributed by atoms with Gasteiger partial charge in [-0.25, -0.2) is 0 Å². The molecule has 1 aliphatic heterocycles. The van der Waals surface area contributed by atoms with Crippen LogP contribution in [-0.2, 0) is 11.3 Å². The minimum absolute atomic E-state index is 0.352. The van der Waals surface area contributed by atoms with Gasteiger partial charge in [-0.05, 0) is 24.1 Å². The monoisotopic (exact) mass is 292 g/mol. The van der Waals surface area contributed by atoms with Crippen molar-refractivity contribution in [1.29, 1.82) is 0 Å². The zero-order valence-electron chi connectivity index (χ0n) is 9.27. The first-order chi connectivity index (χ1) is 8.15. The molecule has 0 radical (unpaired) electrons. The fourth-order valence-corrected chi connectivity index (χ4v) is 1.94. The molecule has 0 aliphatic carbocycles. The summed E-state index contributed by atoms with van der Waals surface area (Å²) < 4.78 is 1.06. The van der Waals surface area contributed by atoms with E-state index in [2.05, 4.69) is 15.9 Å². The second kappa shape index (κ2) is 5.19. The molecular formula is C13H13BrN2O. The Hall–Kier alpha value is -1.55. The second-order valence-corrected chi connectivity index (χ2v) is 4.82. The third-order valence-corrected chi connectivity index (χ3v) is 3.08. The molecule has 0 saturated carbocycles. The molecule has 1 aromatic carbocycles. The summed E-state index contributed by atoms with van der Waals surface area (Å²) in [7, 11) is 0. The van der Waals surface area contributed by atoms with Gasteiger partial charge in [0.25, 0.3) is 0 Å². The first-order valence-electron chi connectivity index (χ1n) is 5.32. The number of allylic oxidation sites excluding steroid dienone is 1. The van der Waals surface area contributed by atoms with Gasteiger partial charge in [-0.1, -0.05) is 34.1 Å². The Bertz CT molecular complexity index is 477. The predicted molar refractivity (Wildman–Crippen MR) is 70.7 cm³/mol. The van der Waals surface area contributed by atoms with Crippen LogP contribution in [0.2, 0.25) is 0 Å². The Balaban J connectivity index is 2.08. The van der Waals surface area contributed by atoms with E-state index >= 15 is 0 Å². The van der Waals surface area contributed by atoms with Crippen LogP contribution in [0.15, 0.2) is 52.8 Å². The standard InChI is InChI=1S/C13H13BrN2O/c14-12-5-3-10(4-6-12)8-16-7-1-2-11(9-16)13(15)17/h1,3-7,9H,2,8H2,(H2,15,17). The second-order valence-electron chi connectivity index (χ2n) is 3.91. The Morgan fingerprint density at radius 2 is 2.06 bits per heavy atom. The minimum atomic E-state index is -0.352. The van der Waals surface area contributed by atoms with Crippen LogP contribution >= 0.6 is 15.9 Å². The number of benzene rings is 1. The number of primary amides is 1. The highest BCUT2D eigenvalue weighted by molar-refractivity contribution is 9.10. The largest absolute Gasteiger partial charge is 0.366 e. The van der Waals surface area contributed by atoms with Crippen LogP contribution in [0.3, 0.4) is 0 Å². The van der Waals surface area contributed by atoms with Gasteiger partial charge in [0, 0.05) is 29.0 Å². The molecule has 1 heterocycles. The van der Waals surface area contributed by atoms with E-state index in [4.69, 9.17) is 5.73 Å². The van der Waals surface area contributed by atoms with Crippen LogP contribution in [0.1, 0.15) is 12.0 Å². The highest BCUT2D eigenvalue weighted by Crippen LogP contribution is 2.16. The number of carbonyl (C=O) groups excluding carboxylic acids is 1. The summed E-state index contributed by atoms with van der Waals surface area (Å²) in [5.74, 6) is -0.352. The van der Waals surface area contributed by atoms with Crippen LogP contribution in [0, 0.1) is 0 Å². The molecular weight excluding hydrogens is 280 g/mol. The van der Waals surface area contributed by atoms with Crippen molar-refractivity contribution in [3.05, 3.63) is 58.4 Å². The molecule has 3 nitrogen and oxygen atoms in total. The van der Waals surface area contributed by atoms with Crippen molar-refractivity contribution in [2.75, 3.05) is 0 Å². The summed E-state index contributed by atoms with van der Waals surface area (Å²) in [6.45, 7) is 0.737. The van der Waals surface area contributed by atoms with Gasteiger partial charge in [-0.15, -0.1) is 0 Å². The maximum Gasteiger partial charge on any atom is 0.246 e. The van der Waals surface area contributed by atoms with E-state index in [0.717, 1.165) is 11.0 Å². The average molecular weight is 293 g/mol. The summed E-state index contributed by atoms with van der Waals surface area (Å²) in [6, 6.07) is 8.10. The van der Waals surface area contributed by atoms with Crippen molar-refractivity contribution < 1.29 is 4.79 Å². The molecule has 0 bridgehead atoms. The van der Waals surface area contributed by atoms with Gasteiger partial charge in [0.1, 0.15) is 0 Å². The normalized spacial score (nSPS) is 14.6. The van der Waals surface area contributed by atoms with Crippen LogP contribution < -0.4 is 5.73 Å². The summed E-state index contributed by atoms with van der Waals surface area (Å²) >= 11 is 3.40. The topological polar surface area (TPSA) is 46.3 Å². The van der Waals surface area contributed by atoms with Crippen molar-refractivity contribution in [3.8, 4) is 0 Å². The summed E-state index contributed by atoms with van der Waals surface area (Å²) in [4.78, 5) is 13.0. The number of nitrogens with zero attached hydrogens (tertiary/aromatic N) is 1. The smallest absolute Gasteiger partial charge is 0.246 e. The van der Waals surface area contributed by atoms with Gasteiger partial charge in [-0.3, -0.25) is 4.79 Å². The van der Waals surface area contributed by atoms with Gasteiger partial charge >= 0.3 is 0 Å². The molecule has 0 aromatic heterocycles. The van der Waals surface area contributed by atoms with Crippen LogP contribution in [0.4, 0.5) is 0 Å². The zero-order valence-corrected chi connectivity index (χ0v) is 10.9. The van der Waals surface area contributed by atoms with Crippen LogP contribution in [-0.4, -0.2) is 10.8 Å². The van der Waals surface area contributed by atoms with Gasteiger partial charge < -0.3 is 10.6 Å². The molecule has 1 aromatic rings. The Morgan fingerprint density at radius 1 is 1.35 bits per heavy atom. The number of rotatable bonds is 3. The lowest BCUT2D eigenvalue weighted by molar-refractivity contribution is -0.114. The Labute approximate surface area is 109 Å². The quantitative estimate of drug-likeness (QED) is 0.931. The maximum absolute atomic E-state index is 11.1. The van der Waals surface area contributed by atoms with Crippen molar-refractivity contribution in [2.24, 2.45) is 5.73 Å². The lowest BCUT2D eigenvalue weighted by atomic mass is 10.1. The molecule has 17 heavy (non-hydrogen) atoms. The van der Waals surface area contributed by atoms with E-state index in [9.17, 15) is 4.79 Å². The molecule has 2 rings (SSSR count). The van der Waals surface area contributed by atoms with E-state index in [0.29, 0.717) is 12.0 Å². The highest BCUT2D eigenvalue weighted by Gasteiger charge is 2.09. The van der Waals surface area contributed by atoms with E-state index in [1.807, 2.05) is 47.6 Å².